The summed E-state index contributed by atoms with van der Waals surface area (Å²) in [5, 5.41) is 11.2. The van der Waals surface area contributed by atoms with Gasteiger partial charge in [0.2, 0.25) is 4.96 Å². The summed E-state index contributed by atoms with van der Waals surface area (Å²) in [6.07, 6.45) is 1.76. The van der Waals surface area contributed by atoms with Crippen LogP contribution in [0.4, 0.5) is 0 Å². The first kappa shape index (κ1) is 6.01. The van der Waals surface area contributed by atoms with Crippen LogP contribution < -0.4 is 0 Å². The average molecular weight is 177 g/mol. The monoisotopic (exact) mass is 177 g/mol. The van der Waals surface area contributed by atoms with Crippen molar-refractivity contribution in [3.63, 3.8) is 0 Å². The van der Waals surface area contributed by atoms with Crippen LogP contribution in [0.25, 0.3) is 15.3 Å². The summed E-state index contributed by atoms with van der Waals surface area (Å²) in [7, 11) is 0. The predicted octanol–water partition coefficient (Wildman–Crippen LogP) is 0.734. The second-order valence-corrected chi connectivity index (χ2v) is 3.26. The molecule has 0 bridgehead atoms. The molecule has 3 heterocycles. The Morgan fingerprint density at radius 3 is 3.42 bits per heavy atom. The highest BCUT2D eigenvalue weighted by Crippen LogP contribution is 2.20. The van der Waals surface area contributed by atoms with E-state index in [2.05, 4.69) is 20.5 Å². The van der Waals surface area contributed by atoms with Crippen molar-refractivity contribution in [2.75, 3.05) is 0 Å². The molecule has 58 valence electrons. The summed E-state index contributed by atoms with van der Waals surface area (Å²) < 4.78 is 1.69. The van der Waals surface area contributed by atoms with E-state index in [0.29, 0.717) is 0 Å². The van der Waals surface area contributed by atoms with E-state index >= 15 is 0 Å². The van der Waals surface area contributed by atoms with Gasteiger partial charge in [-0.25, -0.2) is 4.98 Å². The minimum atomic E-state index is 0.781. The number of aromatic nitrogens is 5. The van der Waals surface area contributed by atoms with E-state index in [1.807, 2.05) is 12.1 Å². The Kier molecular flexibility index (Phi) is 0.991. The lowest BCUT2D eigenvalue weighted by molar-refractivity contribution is 0.842. The van der Waals surface area contributed by atoms with E-state index in [-0.39, 0.29) is 0 Å². The molecule has 0 aliphatic carbocycles. The molecular weight excluding hydrogens is 174 g/mol. The lowest BCUT2D eigenvalue weighted by atomic mass is 10.5. The summed E-state index contributed by atoms with van der Waals surface area (Å²) in [6, 6.07) is 3.82. The van der Waals surface area contributed by atoms with Crippen LogP contribution in [0, 0.1) is 0 Å². The molecule has 0 spiro atoms. The second kappa shape index (κ2) is 1.98. The minimum absolute atomic E-state index is 0.781. The number of fused-ring (bicyclic) bond motifs is 3. The normalized spacial score (nSPS) is 11.3. The van der Waals surface area contributed by atoms with Crippen LogP contribution in [0.15, 0.2) is 18.3 Å². The molecule has 3 aromatic heterocycles. The fourth-order valence-electron chi connectivity index (χ4n) is 1.10. The smallest absolute Gasteiger partial charge is 0.237 e. The topological polar surface area (TPSA) is 56.0 Å². The molecule has 0 aromatic carbocycles. The molecule has 0 saturated carbocycles. The highest BCUT2D eigenvalue weighted by Gasteiger charge is 2.06. The lowest BCUT2D eigenvalue weighted by Crippen LogP contribution is -1.83. The molecular formula is C6H3N5S. The van der Waals surface area contributed by atoms with Crippen molar-refractivity contribution in [1.29, 1.82) is 0 Å². The molecule has 0 N–H and O–H groups in total. The van der Waals surface area contributed by atoms with Gasteiger partial charge in [-0.15, -0.1) is 0 Å². The first-order chi connectivity index (χ1) is 5.95. The highest BCUT2D eigenvalue weighted by atomic mass is 32.1. The molecule has 5 nitrogen and oxygen atoms in total. The van der Waals surface area contributed by atoms with Gasteiger partial charge in [0.25, 0.3) is 0 Å². The van der Waals surface area contributed by atoms with E-state index in [9.17, 15) is 0 Å². The summed E-state index contributed by atoms with van der Waals surface area (Å²) in [5.41, 5.74) is 0.961. The standard InChI is InChI=1S/C6H3N5S/c1-2-4-5(7-3-1)12-6-8-9-10-11(4)6/h1-3H. The summed E-state index contributed by atoms with van der Waals surface area (Å²) in [6.45, 7) is 0. The second-order valence-electron chi connectivity index (χ2n) is 2.30. The van der Waals surface area contributed by atoms with Crippen LogP contribution in [0.1, 0.15) is 0 Å². The number of rotatable bonds is 0. The third-order valence-electron chi connectivity index (χ3n) is 1.61. The molecule has 0 amide bonds. The maximum Gasteiger partial charge on any atom is 0.237 e. The first-order valence-corrected chi connectivity index (χ1v) is 4.18. The van der Waals surface area contributed by atoms with Crippen molar-refractivity contribution < 1.29 is 0 Å². The zero-order valence-electron chi connectivity index (χ0n) is 5.88. The van der Waals surface area contributed by atoms with Crippen LogP contribution in [0.5, 0.6) is 0 Å². The fourth-order valence-corrected chi connectivity index (χ4v) is 1.95. The van der Waals surface area contributed by atoms with Gasteiger partial charge in [-0.2, -0.15) is 4.52 Å². The molecule has 12 heavy (non-hydrogen) atoms. The maximum absolute atomic E-state index is 4.18. The van der Waals surface area contributed by atoms with Gasteiger partial charge < -0.3 is 0 Å². The number of thiazole rings is 1. The maximum atomic E-state index is 4.18. The molecule has 3 aromatic rings. The Morgan fingerprint density at radius 1 is 1.42 bits per heavy atom. The Morgan fingerprint density at radius 2 is 2.42 bits per heavy atom. The third-order valence-corrected chi connectivity index (χ3v) is 2.55. The van der Waals surface area contributed by atoms with Gasteiger partial charge in [-0.3, -0.25) is 0 Å². The Labute approximate surface area is 70.7 Å². The molecule has 0 radical (unpaired) electrons. The molecule has 0 aliphatic heterocycles. The van der Waals surface area contributed by atoms with Gasteiger partial charge in [0, 0.05) is 6.20 Å². The number of nitrogens with zero attached hydrogens (tertiary/aromatic N) is 5. The van der Waals surface area contributed by atoms with E-state index < -0.39 is 0 Å². The summed E-state index contributed by atoms with van der Waals surface area (Å²) in [4.78, 5) is 5.90. The molecule has 6 heteroatoms. The van der Waals surface area contributed by atoms with Crippen LogP contribution in [-0.2, 0) is 0 Å². The molecule has 0 fully saturated rings. The zero-order chi connectivity index (χ0) is 7.97. The summed E-state index contributed by atoms with van der Waals surface area (Å²) in [5.74, 6) is 0. The van der Waals surface area contributed by atoms with Crippen LogP contribution >= 0.6 is 11.3 Å². The number of pyridine rings is 1. The highest BCUT2D eigenvalue weighted by molar-refractivity contribution is 7.23. The number of tetrazole rings is 1. The Bertz CT molecular complexity index is 538. The Hall–Kier alpha value is -1.56. The van der Waals surface area contributed by atoms with Crippen molar-refractivity contribution >= 4 is 26.6 Å². The SMILES string of the molecule is c1cnc2sc3nnnn3c2c1. The lowest BCUT2D eigenvalue weighted by Gasteiger charge is -1.83. The van der Waals surface area contributed by atoms with Crippen LogP contribution in [0.3, 0.4) is 0 Å². The van der Waals surface area contributed by atoms with Gasteiger partial charge in [0.1, 0.15) is 10.3 Å². The minimum Gasteiger partial charge on any atom is -0.244 e. The van der Waals surface area contributed by atoms with E-state index in [1.165, 1.54) is 11.3 Å². The van der Waals surface area contributed by atoms with Crippen LogP contribution in [0.2, 0.25) is 0 Å². The van der Waals surface area contributed by atoms with Crippen LogP contribution in [-0.4, -0.2) is 25.0 Å². The van der Waals surface area contributed by atoms with Crippen molar-refractivity contribution in [1.82, 2.24) is 25.0 Å². The van der Waals surface area contributed by atoms with Crippen molar-refractivity contribution in [3.05, 3.63) is 18.3 Å². The molecule has 0 unspecified atom stereocenters. The van der Waals surface area contributed by atoms with Crippen molar-refractivity contribution in [2.24, 2.45) is 0 Å². The predicted molar refractivity (Wildman–Crippen MR) is 44.0 cm³/mol. The first-order valence-electron chi connectivity index (χ1n) is 3.37. The van der Waals surface area contributed by atoms with Gasteiger partial charge >= 0.3 is 0 Å². The quantitative estimate of drug-likeness (QED) is 0.508. The Balaban J connectivity index is 2.68. The zero-order valence-corrected chi connectivity index (χ0v) is 6.69. The molecule has 0 atom stereocenters. The van der Waals surface area contributed by atoms with Gasteiger partial charge in [0.15, 0.2) is 0 Å². The van der Waals surface area contributed by atoms with Crippen molar-refractivity contribution in [2.45, 2.75) is 0 Å². The largest absolute Gasteiger partial charge is 0.244 e. The molecule has 3 rings (SSSR count). The van der Waals surface area contributed by atoms with Gasteiger partial charge in [0.05, 0.1) is 0 Å². The van der Waals surface area contributed by atoms with E-state index in [1.54, 1.807) is 10.7 Å². The summed E-state index contributed by atoms with van der Waals surface area (Å²) >= 11 is 1.48. The van der Waals surface area contributed by atoms with E-state index in [0.717, 1.165) is 15.3 Å². The number of hydrogen-bond acceptors (Lipinski definition) is 5. The fraction of sp³-hybridized carbons (Fsp3) is 0. The molecule has 0 saturated heterocycles. The van der Waals surface area contributed by atoms with Gasteiger partial charge in [-0.1, -0.05) is 16.4 Å². The van der Waals surface area contributed by atoms with Crippen molar-refractivity contribution in [3.8, 4) is 0 Å². The average Bonchev–Trinajstić information content (AvgIpc) is 2.62. The number of hydrogen-bond donors (Lipinski definition) is 0. The molecule has 0 aliphatic rings. The van der Waals surface area contributed by atoms with Gasteiger partial charge in [-0.05, 0) is 22.6 Å². The van der Waals surface area contributed by atoms with E-state index in [4.69, 9.17) is 0 Å². The third kappa shape index (κ3) is 0.620.